The molecule has 2 N–H and O–H groups in total. The van der Waals surface area contributed by atoms with Gasteiger partial charge in [0.25, 0.3) is 0 Å². The zero-order valence-corrected chi connectivity index (χ0v) is 11.3. The highest BCUT2D eigenvalue weighted by Gasteiger charge is 2.23. The Morgan fingerprint density at radius 1 is 1.45 bits per heavy atom. The first kappa shape index (κ1) is 14.3. The second kappa shape index (κ2) is 5.09. The summed E-state index contributed by atoms with van der Waals surface area (Å²) >= 11 is 5.84. The zero-order valence-electron chi connectivity index (χ0n) is 10.6. The van der Waals surface area contributed by atoms with Crippen LogP contribution in [0.4, 0.5) is 14.6 Å². The van der Waals surface area contributed by atoms with Crippen molar-refractivity contribution in [3.8, 4) is 5.69 Å². The fourth-order valence-corrected chi connectivity index (χ4v) is 2.11. The van der Waals surface area contributed by atoms with E-state index >= 15 is 0 Å². The average Bonchev–Trinajstić information content (AvgIpc) is 2.65. The van der Waals surface area contributed by atoms with Gasteiger partial charge in [0, 0.05) is 6.07 Å². The van der Waals surface area contributed by atoms with Gasteiger partial charge in [-0.15, -0.1) is 0 Å². The molecule has 1 heterocycles. The number of esters is 1. The lowest BCUT2D eigenvalue weighted by Gasteiger charge is -2.11. The second-order valence-corrected chi connectivity index (χ2v) is 4.35. The molecule has 0 bridgehead atoms. The summed E-state index contributed by atoms with van der Waals surface area (Å²) < 4.78 is 32.6. The van der Waals surface area contributed by atoms with E-state index in [4.69, 9.17) is 17.3 Å². The van der Waals surface area contributed by atoms with Crippen molar-refractivity contribution in [3.63, 3.8) is 0 Å². The van der Waals surface area contributed by atoms with Crippen LogP contribution in [0, 0.1) is 18.6 Å². The molecule has 0 aliphatic carbocycles. The van der Waals surface area contributed by atoms with E-state index in [-0.39, 0.29) is 28.0 Å². The maximum Gasteiger partial charge on any atom is 0.360 e. The molecule has 8 heteroatoms. The highest BCUT2D eigenvalue weighted by Crippen LogP contribution is 2.30. The molecule has 0 spiro atoms. The number of carbonyl (C=O) groups excluding carboxylic acids is 1. The number of carbonyl (C=O) groups is 1. The Kier molecular flexibility index (Phi) is 3.63. The van der Waals surface area contributed by atoms with Crippen molar-refractivity contribution in [3.05, 3.63) is 40.3 Å². The highest BCUT2D eigenvalue weighted by molar-refractivity contribution is 6.32. The van der Waals surface area contributed by atoms with E-state index in [1.54, 1.807) is 0 Å². The van der Waals surface area contributed by atoms with E-state index in [0.717, 1.165) is 10.6 Å². The fraction of sp³-hybridized carbons (Fsp3) is 0.167. The normalized spacial score (nSPS) is 10.7. The molecule has 0 unspecified atom stereocenters. The first-order chi connectivity index (χ1) is 9.36. The molecule has 106 valence electrons. The number of nitrogens with two attached hydrogens (primary N) is 1. The molecule has 20 heavy (non-hydrogen) atoms. The van der Waals surface area contributed by atoms with E-state index < -0.39 is 17.6 Å². The van der Waals surface area contributed by atoms with Gasteiger partial charge in [-0.3, -0.25) is 4.57 Å². The molecule has 1 aromatic heterocycles. The molecule has 0 aliphatic heterocycles. The predicted molar refractivity (Wildman–Crippen MR) is 69.0 cm³/mol. The minimum atomic E-state index is -0.918. The minimum Gasteiger partial charge on any atom is -0.464 e. The van der Waals surface area contributed by atoms with Gasteiger partial charge in [0.2, 0.25) is 0 Å². The van der Waals surface area contributed by atoms with E-state index in [2.05, 4.69) is 9.72 Å². The van der Waals surface area contributed by atoms with E-state index in [0.29, 0.717) is 6.07 Å². The number of hydrogen-bond donors (Lipinski definition) is 1. The number of imidazole rings is 1. The van der Waals surface area contributed by atoms with Gasteiger partial charge in [0.05, 0.1) is 12.1 Å². The summed E-state index contributed by atoms with van der Waals surface area (Å²) in [4.78, 5) is 15.4. The SMILES string of the molecule is COC(=O)c1nc(C)n(-c2c(F)cc(F)cc2Cl)c1N. The average molecular weight is 302 g/mol. The monoisotopic (exact) mass is 301 g/mol. The third-order valence-corrected chi connectivity index (χ3v) is 2.95. The summed E-state index contributed by atoms with van der Waals surface area (Å²) in [6, 6.07) is 1.61. The van der Waals surface area contributed by atoms with Crippen LogP contribution in [-0.4, -0.2) is 22.6 Å². The largest absolute Gasteiger partial charge is 0.464 e. The van der Waals surface area contributed by atoms with Gasteiger partial charge in [-0.25, -0.2) is 18.6 Å². The van der Waals surface area contributed by atoms with Gasteiger partial charge in [-0.05, 0) is 13.0 Å². The Morgan fingerprint density at radius 2 is 2.10 bits per heavy atom. The van der Waals surface area contributed by atoms with Gasteiger partial charge in [0.15, 0.2) is 11.5 Å². The van der Waals surface area contributed by atoms with Gasteiger partial charge < -0.3 is 10.5 Å². The molecule has 0 atom stereocenters. The van der Waals surface area contributed by atoms with E-state index in [1.807, 2.05) is 0 Å². The number of rotatable bonds is 2. The molecular weight excluding hydrogens is 292 g/mol. The van der Waals surface area contributed by atoms with Crippen LogP contribution in [0.1, 0.15) is 16.3 Å². The number of benzene rings is 1. The summed E-state index contributed by atoms with van der Waals surface area (Å²) in [6.07, 6.45) is 0. The Hall–Kier alpha value is -2.15. The third-order valence-electron chi connectivity index (χ3n) is 2.66. The maximum absolute atomic E-state index is 13.9. The molecule has 0 saturated heterocycles. The molecule has 0 radical (unpaired) electrons. The lowest BCUT2D eigenvalue weighted by molar-refractivity contribution is 0.0596. The number of anilines is 1. The lowest BCUT2D eigenvalue weighted by atomic mass is 10.2. The lowest BCUT2D eigenvalue weighted by Crippen LogP contribution is -2.09. The van der Waals surface area contributed by atoms with Crippen LogP contribution in [0.25, 0.3) is 5.69 Å². The zero-order chi connectivity index (χ0) is 15.0. The number of nitrogen functional groups attached to an aromatic ring is 1. The number of halogens is 3. The summed E-state index contributed by atoms with van der Waals surface area (Å²) in [5, 5.41) is -0.189. The standard InChI is InChI=1S/C12H10ClF2N3O2/c1-5-17-9(12(19)20-2)11(16)18(5)10-7(13)3-6(14)4-8(10)15/h3-4H,16H2,1-2H3. The number of aromatic nitrogens is 2. The molecule has 0 saturated carbocycles. The smallest absolute Gasteiger partial charge is 0.360 e. The van der Waals surface area contributed by atoms with Crippen LogP contribution < -0.4 is 5.73 Å². The van der Waals surface area contributed by atoms with Crippen molar-refractivity contribution in [2.75, 3.05) is 12.8 Å². The van der Waals surface area contributed by atoms with Crippen LogP contribution >= 0.6 is 11.6 Å². The second-order valence-electron chi connectivity index (χ2n) is 3.94. The van der Waals surface area contributed by atoms with Crippen LogP contribution in [0.3, 0.4) is 0 Å². The van der Waals surface area contributed by atoms with E-state index in [9.17, 15) is 13.6 Å². The fourth-order valence-electron chi connectivity index (χ4n) is 1.83. The summed E-state index contributed by atoms with van der Waals surface area (Å²) in [5.74, 6) is -2.42. The van der Waals surface area contributed by atoms with Gasteiger partial charge >= 0.3 is 5.97 Å². The molecule has 0 fully saturated rings. The highest BCUT2D eigenvalue weighted by atomic mass is 35.5. The summed E-state index contributed by atoms with van der Waals surface area (Å²) in [7, 11) is 1.17. The molecule has 1 aromatic carbocycles. The molecule has 5 nitrogen and oxygen atoms in total. The van der Waals surface area contributed by atoms with Gasteiger partial charge in [-0.2, -0.15) is 0 Å². The quantitative estimate of drug-likeness (QED) is 0.865. The molecular formula is C12H10ClF2N3O2. The van der Waals surface area contributed by atoms with Gasteiger partial charge in [0.1, 0.15) is 23.1 Å². The number of methoxy groups -OCH3 is 1. The number of nitrogens with zero attached hydrogens (tertiary/aromatic N) is 2. The Labute approximate surface area is 117 Å². The molecule has 2 rings (SSSR count). The van der Waals surface area contributed by atoms with Crippen molar-refractivity contribution in [1.82, 2.24) is 9.55 Å². The first-order valence-electron chi connectivity index (χ1n) is 5.44. The van der Waals surface area contributed by atoms with Gasteiger partial charge in [-0.1, -0.05) is 11.6 Å². The van der Waals surface area contributed by atoms with Crippen LogP contribution in [-0.2, 0) is 4.74 Å². The Morgan fingerprint density at radius 3 is 2.65 bits per heavy atom. The molecule has 0 amide bonds. The topological polar surface area (TPSA) is 70.1 Å². The van der Waals surface area contributed by atoms with E-state index in [1.165, 1.54) is 14.0 Å². The van der Waals surface area contributed by atoms with Crippen molar-refractivity contribution in [2.45, 2.75) is 6.92 Å². The van der Waals surface area contributed by atoms with Crippen LogP contribution in [0.15, 0.2) is 12.1 Å². The van der Waals surface area contributed by atoms with Crippen LogP contribution in [0.2, 0.25) is 5.02 Å². The van der Waals surface area contributed by atoms with Crippen molar-refractivity contribution in [1.29, 1.82) is 0 Å². The predicted octanol–water partition coefficient (Wildman–Crippen LogP) is 2.48. The summed E-state index contributed by atoms with van der Waals surface area (Å²) in [6.45, 7) is 1.50. The third kappa shape index (κ3) is 2.20. The first-order valence-corrected chi connectivity index (χ1v) is 5.82. The Balaban J connectivity index is 2.71. The van der Waals surface area contributed by atoms with Crippen LogP contribution in [0.5, 0.6) is 0 Å². The van der Waals surface area contributed by atoms with Crippen molar-refractivity contribution >= 4 is 23.4 Å². The Bertz CT molecular complexity index is 677. The molecule has 2 aromatic rings. The minimum absolute atomic E-state index is 0.137. The maximum atomic E-state index is 13.9. The van der Waals surface area contributed by atoms with Crippen molar-refractivity contribution < 1.29 is 18.3 Å². The van der Waals surface area contributed by atoms with Crippen molar-refractivity contribution in [2.24, 2.45) is 0 Å². The number of aryl methyl sites for hydroxylation is 1. The number of ether oxygens (including phenoxy) is 1. The number of hydrogen-bond acceptors (Lipinski definition) is 4. The summed E-state index contributed by atoms with van der Waals surface area (Å²) in [5.41, 5.74) is 5.43. The molecule has 0 aliphatic rings.